The van der Waals surface area contributed by atoms with Crippen LogP contribution in [-0.2, 0) is 11.3 Å². The SMILES string of the molecule is CC(=O)Nc1cc(C(=O)Nc2cnn(CCN(C)C)c2)ccc1C. The van der Waals surface area contributed by atoms with Crippen LogP contribution in [-0.4, -0.2) is 47.1 Å². The molecule has 0 bridgehead atoms. The molecule has 7 nitrogen and oxygen atoms in total. The first-order valence-corrected chi connectivity index (χ1v) is 7.72. The van der Waals surface area contributed by atoms with Crippen molar-refractivity contribution in [3.63, 3.8) is 0 Å². The smallest absolute Gasteiger partial charge is 0.255 e. The Balaban J connectivity index is 2.05. The third-order valence-corrected chi connectivity index (χ3v) is 3.48. The average Bonchev–Trinajstić information content (AvgIpc) is 2.94. The lowest BCUT2D eigenvalue weighted by Gasteiger charge is -2.09. The number of benzene rings is 1. The Morgan fingerprint density at radius 1 is 1.25 bits per heavy atom. The minimum absolute atomic E-state index is 0.169. The molecule has 0 aliphatic heterocycles. The molecule has 0 aliphatic rings. The fraction of sp³-hybridized carbons (Fsp3) is 0.353. The van der Waals surface area contributed by atoms with Crippen molar-refractivity contribution >= 4 is 23.2 Å². The van der Waals surface area contributed by atoms with Gasteiger partial charge in [-0.15, -0.1) is 0 Å². The van der Waals surface area contributed by atoms with E-state index < -0.39 is 0 Å². The summed E-state index contributed by atoms with van der Waals surface area (Å²) in [4.78, 5) is 25.7. The van der Waals surface area contributed by atoms with E-state index >= 15 is 0 Å². The standard InChI is InChI=1S/C17H23N5O2/c1-12-5-6-14(9-16(12)19-13(2)23)17(24)20-15-10-18-22(11-15)8-7-21(3)4/h5-6,9-11H,7-8H2,1-4H3,(H,19,23)(H,20,24). The second-order valence-electron chi connectivity index (χ2n) is 5.96. The Hall–Kier alpha value is -2.67. The number of likely N-dealkylation sites (N-methyl/N-ethyl adjacent to an activating group) is 1. The molecule has 7 heteroatoms. The molecular weight excluding hydrogens is 306 g/mol. The molecule has 0 saturated carbocycles. The molecular formula is C17H23N5O2. The Labute approximate surface area is 141 Å². The molecule has 2 N–H and O–H groups in total. The molecule has 1 heterocycles. The highest BCUT2D eigenvalue weighted by atomic mass is 16.2. The van der Waals surface area contributed by atoms with Crippen LogP contribution in [0.1, 0.15) is 22.8 Å². The zero-order valence-corrected chi connectivity index (χ0v) is 14.5. The number of aryl methyl sites for hydroxylation is 1. The van der Waals surface area contributed by atoms with E-state index in [0.29, 0.717) is 16.9 Å². The lowest BCUT2D eigenvalue weighted by Crippen LogP contribution is -2.18. The molecule has 2 rings (SSSR count). The topological polar surface area (TPSA) is 79.3 Å². The van der Waals surface area contributed by atoms with Gasteiger partial charge in [0.1, 0.15) is 0 Å². The summed E-state index contributed by atoms with van der Waals surface area (Å²) in [5.41, 5.74) is 2.65. The van der Waals surface area contributed by atoms with Crippen molar-refractivity contribution < 1.29 is 9.59 Å². The Morgan fingerprint density at radius 3 is 2.67 bits per heavy atom. The molecule has 0 radical (unpaired) electrons. The Morgan fingerprint density at radius 2 is 2.00 bits per heavy atom. The minimum Gasteiger partial charge on any atom is -0.326 e. The molecule has 0 spiro atoms. The fourth-order valence-electron chi connectivity index (χ4n) is 2.14. The van der Waals surface area contributed by atoms with Crippen LogP contribution >= 0.6 is 0 Å². The number of hydrogen-bond acceptors (Lipinski definition) is 4. The highest BCUT2D eigenvalue weighted by Gasteiger charge is 2.10. The predicted molar refractivity (Wildman–Crippen MR) is 94.2 cm³/mol. The lowest BCUT2D eigenvalue weighted by molar-refractivity contribution is -0.114. The van der Waals surface area contributed by atoms with Gasteiger partial charge >= 0.3 is 0 Å². The number of hydrogen-bond donors (Lipinski definition) is 2. The van der Waals surface area contributed by atoms with Gasteiger partial charge in [-0.05, 0) is 38.7 Å². The minimum atomic E-state index is -0.242. The molecule has 1 aromatic carbocycles. The van der Waals surface area contributed by atoms with Crippen molar-refractivity contribution in [1.82, 2.24) is 14.7 Å². The molecule has 0 atom stereocenters. The van der Waals surface area contributed by atoms with Crippen LogP contribution < -0.4 is 10.6 Å². The van der Waals surface area contributed by atoms with E-state index in [9.17, 15) is 9.59 Å². The summed E-state index contributed by atoms with van der Waals surface area (Å²) in [5, 5.41) is 9.77. The van der Waals surface area contributed by atoms with Gasteiger partial charge in [-0.1, -0.05) is 6.07 Å². The third-order valence-electron chi connectivity index (χ3n) is 3.48. The van der Waals surface area contributed by atoms with Crippen LogP contribution in [0.2, 0.25) is 0 Å². The van der Waals surface area contributed by atoms with Crippen LogP contribution in [0, 0.1) is 6.92 Å². The summed E-state index contributed by atoms with van der Waals surface area (Å²) < 4.78 is 1.79. The van der Waals surface area contributed by atoms with Crippen LogP contribution in [0.15, 0.2) is 30.6 Å². The Kier molecular flexibility index (Phi) is 5.70. The Bertz CT molecular complexity index is 736. The summed E-state index contributed by atoms with van der Waals surface area (Å²) in [6.45, 7) is 4.93. The van der Waals surface area contributed by atoms with Crippen LogP contribution in [0.5, 0.6) is 0 Å². The van der Waals surface area contributed by atoms with Gasteiger partial charge in [0.05, 0.1) is 18.4 Å². The number of nitrogens with zero attached hydrogens (tertiary/aromatic N) is 3. The van der Waals surface area contributed by atoms with Crippen LogP contribution in [0.25, 0.3) is 0 Å². The maximum atomic E-state index is 12.4. The van der Waals surface area contributed by atoms with Crippen LogP contribution in [0.4, 0.5) is 11.4 Å². The van der Waals surface area contributed by atoms with Gasteiger partial charge in [0.2, 0.25) is 5.91 Å². The number of carbonyl (C=O) groups is 2. The van der Waals surface area contributed by atoms with Crippen molar-refractivity contribution in [2.24, 2.45) is 0 Å². The van der Waals surface area contributed by atoms with Gasteiger partial charge in [0.15, 0.2) is 0 Å². The molecule has 2 aromatic rings. The predicted octanol–water partition coefficient (Wildman–Crippen LogP) is 1.96. The first-order chi connectivity index (χ1) is 11.3. The maximum absolute atomic E-state index is 12.4. The van der Waals surface area contributed by atoms with E-state index in [1.807, 2.05) is 21.0 Å². The molecule has 128 valence electrons. The highest BCUT2D eigenvalue weighted by molar-refractivity contribution is 6.05. The third kappa shape index (κ3) is 4.92. The van der Waals surface area contributed by atoms with E-state index in [2.05, 4.69) is 20.6 Å². The summed E-state index contributed by atoms with van der Waals surface area (Å²) in [5.74, 6) is -0.411. The molecule has 0 fully saturated rings. The number of rotatable bonds is 6. The number of anilines is 2. The van der Waals surface area contributed by atoms with E-state index in [1.54, 1.807) is 35.3 Å². The normalized spacial score (nSPS) is 10.7. The second kappa shape index (κ2) is 7.74. The summed E-state index contributed by atoms with van der Waals surface area (Å²) in [7, 11) is 3.99. The van der Waals surface area contributed by atoms with Crippen LogP contribution in [0.3, 0.4) is 0 Å². The zero-order chi connectivity index (χ0) is 17.7. The quantitative estimate of drug-likeness (QED) is 0.849. The first-order valence-electron chi connectivity index (χ1n) is 7.72. The van der Waals surface area contributed by atoms with Gasteiger partial charge in [-0.2, -0.15) is 5.10 Å². The monoisotopic (exact) mass is 329 g/mol. The van der Waals surface area contributed by atoms with Gasteiger partial charge in [0, 0.05) is 30.9 Å². The van der Waals surface area contributed by atoms with Gasteiger partial charge < -0.3 is 15.5 Å². The van der Waals surface area contributed by atoms with Crippen molar-refractivity contribution in [2.75, 3.05) is 31.3 Å². The van der Waals surface area contributed by atoms with Crippen molar-refractivity contribution in [3.8, 4) is 0 Å². The van der Waals surface area contributed by atoms with E-state index in [1.165, 1.54) is 6.92 Å². The van der Waals surface area contributed by atoms with Crippen molar-refractivity contribution in [2.45, 2.75) is 20.4 Å². The zero-order valence-electron chi connectivity index (χ0n) is 14.5. The highest BCUT2D eigenvalue weighted by Crippen LogP contribution is 2.18. The van der Waals surface area contributed by atoms with E-state index in [0.717, 1.165) is 18.7 Å². The molecule has 0 unspecified atom stereocenters. The molecule has 2 amide bonds. The van der Waals surface area contributed by atoms with E-state index in [-0.39, 0.29) is 11.8 Å². The average molecular weight is 329 g/mol. The number of carbonyl (C=O) groups excluding carboxylic acids is 2. The summed E-state index contributed by atoms with van der Waals surface area (Å²) in [6, 6.07) is 5.20. The summed E-state index contributed by atoms with van der Waals surface area (Å²) in [6.07, 6.45) is 3.42. The van der Waals surface area contributed by atoms with E-state index in [4.69, 9.17) is 0 Å². The van der Waals surface area contributed by atoms with Gasteiger partial charge in [-0.3, -0.25) is 14.3 Å². The number of nitrogens with one attached hydrogen (secondary N) is 2. The largest absolute Gasteiger partial charge is 0.326 e. The molecule has 24 heavy (non-hydrogen) atoms. The number of aromatic nitrogens is 2. The van der Waals surface area contributed by atoms with Gasteiger partial charge in [0.25, 0.3) is 5.91 Å². The molecule has 0 saturated heterocycles. The van der Waals surface area contributed by atoms with Crippen molar-refractivity contribution in [3.05, 3.63) is 41.7 Å². The van der Waals surface area contributed by atoms with Crippen molar-refractivity contribution in [1.29, 1.82) is 0 Å². The van der Waals surface area contributed by atoms with Gasteiger partial charge in [-0.25, -0.2) is 0 Å². The molecule has 1 aromatic heterocycles. The fourth-order valence-corrected chi connectivity index (χ4v) is 2.14. The number of amides is 2. The summed E-state index contributed by atoms with van der Waals surface area (Å²) >= 11 is 0. The maximum Gasteiger partial charge on any atom is 0.255 e. The lowest BCUT2D eigenvalue weighted by atomic mass is 10.1. The second-order valence-corrected chi connectivity index (χ2v) is 5.96. The first kappa shape index (κ1) is 17.7. The molecule has 0 aliphatic carbocycles.